The van der Waals surface area contributed by atoms with E-state index in [2.05, 4.69) is 35.8 Å². The van der Waals surface area contributed by atoms with Crippen molar-refractivity contribution in [3.8, 4) is 0 Å². The molecule has 24 heavy (non-hydrogen) atoms. The molecule has 1 aliphatic heterocycles. The van der Waals surface area contributed by atoms with Crippen LogP contribution in [0.15, 0.2) is 6.07 Å². The Kier molecular flexibility index (Phi) is 6.37. The van der Waals surface area contributed by atoms with Crippen LogP contribution in [0.5, 0.6) is 0 Å². The molecule has 7 heteroatoms. The van der Waals surface area contributed by atoms with Crippen LogP contribution >= 0.6 is 0 Å². The molecule has 1 atom stereocenters. The molecule has 2 heterocycles. The topological polar surface area (TPSA) is 64.8 Å². The van der Waals surface area contributed by atoms with Gasteiger partial charge in [-0.3, -0.25) is 14.4 Å². The van der Waals surface area contributed by atoms with Gasteiger partial charge in [-0.25, -0.2) is 0 Å². The Morgan fingerprint density at radius 1 is 1.29 bits per heavy atom. The van der Waals surface area contributed by atoms with E-state index in [1.165, 1.54) is 0 Å². The van der Waals surface area contributed by atoms with Crippen LogP contribution in [0.3, 0.4) is 0 Å². The average molecular weight is 337 g/mol. The number of piperazine rings is 1. The van der Waals surface area contributed by atoms with Crippen LogP contribution in [-0.4, -0.2) is 95.0 Å². The van der Waals surface area contributed by atoms with E-state index in [4.69, 9.17) is 0 Å². The van der Waals surface area contributed by atoms with Crippen molar-refractivity contribution in [2.24, 2.45) is 7.05 Å². The number of nitrogens with zero attached hydrogens (tertiary/aromatic N) is 5. The number of carbonyl (C=O) groups excluding carboxylic acids is 1. The van der Waals surface area contributed by atoms with Gasteiger partial charge in [0.2, 0.25) is 0 Å². The van der Waals surface area contributed by atoms with Crippen molar-refractivity contribution in [1.29, 1.82) is 0 Å². The van der Waals surface area contributed by atoms with E-state index in [0.717, 1.165) is 31.9 Å². The predicted molar refractivity (Wildman–Crippen MR) is 94.2 cm³/mol. The number of amides is 1. The van der Waals surface area contributed by atoms with Crippen molar-refractivity contribution in [1.82, 2.24) is 24.5 Å². The van der Waals surface area contributed by atoms with E-state index in [1.807, 2.05) is 6.07 Å². The number of likely N-dealkylation sites (N-methyl/N-ethyl adjacent to an activating group) is 2. The van der Waals surface area contributed by atoms with Crippen LogP contribution in [0.25, 0.3) is 0 Å². The molecule has 1 fully saturated rings. The van der Waals surface area contributed by atoms with Gasteiger partial charge in [-0.1, -0.05) is 13.8 Å². The molecule has 0 saturated carbocycles. The molecular formula is C17H31N5O2. The highest BCUT2D eigenvalue weighted by atomic mass is 16.3. The fourth-order valence-electron chi connectivity index (χ4n) is 2.95. The zero-order valence-electron chi connectivity index (χ0n) is 15.6. The first-order valence-corrected chi connectivity index (χ1v) is 8.66. The highest BCUT2D eigenvalue weighted by molar-refractivity contribution is 5.92. The molecule has 136 valence electrons. The van der Waals surface area contributed by atoms with Gasteiger partial charge in [0, 0.05) is 53.4 Å². The quantitative estimate of drug-likeness (QED) is 0.805. The lowest BCUT2D eigenvalue weighted by Crippen LogP contribution is -2.49. The summed E-state index contributed by atoms with van der Waals surface area (Å²) in [5.41, 5.74) is 1.47. The van der Waals surface area contributed by atoms with Crippen molar-refractivity contribution in [3.05, 3.63) is 17.5 Å². The van der Waals surface area contributed by atoms with Crippen molar-refractivity contribution >= 4 is 5.91 Å². The van der Waals surface area contributed by atoms with E-state index in [9.17, 15) is 9.90 Å². The Balaban J connectivity index is 1.89. The fraction of sp³-hybridized carbons (Fsp3) is 0.765. The predicted octanol–water partition coefficient (Wildman–Crippen LogP) is 0.224. The third-order valence-corrected chi connectivity index (χ3v) is 4.61. The van der Waals surface area contributed by atoms with E-state index < -0.39 is 6.10 Å². The zero-order chi connectivity index (χ0) is 17.9. The Morgan fingerprint density at radius 2 is 1.92 bits per heavy atom. The fourth-order valence-corrected chi connectivity index (χ4v) is 2.95. The lowest BCUT2D eigenvalue weighted by Gasteiger charge is -2.34. The van der Waals surface area contributed by atoms with Crippen LogP contribution < -0.4 is 0 Å². The largest absolute Gasteiger partial charge is 0.390 e. The van der Waals surface area contributed by atoms with Gasteiger partial charge in [0.05, 0.1) is 11.8 Å². The van der Waals surface area contributed by atoms with Gasteiger partial charge in [-0.15, -0.1) is 0 Å². The highest BCUT2D eigenvalue weighted by Gasteiger charge is 2.22. The lowest BCUT2D eigenvalue weighted by atomic mass is 10.1. The number of rotatable bonds is 6. The molecule has 7 nitrogen and oxygen atoms in total. The van der Waals surface area contributed by atoms with E-state index >= 15 is 0 Å². The van der Waals surface area contributed by atoms with Gasteiger partial charge in [0.1, 0.15) is 5.69 Å². The van der Waals surface area contributed by atoms with E-state index in [1.54, 1.807) is 23.7 Å². The molecule has 1 N–H and O–H groups in total. The average Bonchev–Trinajstić information content (AvgIpc) is 2.91. The summed E-state index contributed by atoms with van der Waals surface area (Å²) in [6.07, 6.45) is -0.542. The molecule has 1 saturated heterocycles. The maximum atomic E-state index is 12.6. The van der Waals surface area contributed by atoms with Crippen molar-refractivity contribution in [3.63, 3.8) is 0 Å². The van der Waals surface area contributed by atoms with Crippen LogP contribution in [0, 0.1) is 0 Å². The number of aliphatic hydroxyl groups excluding tert-OH is 1. The molecule has 0 spiro atoms. The molecule has 1 amide bonds. The van der Waals surface area contributed by atoms with Crippen LogP contribution in [0.1, 0.15) is 35.9 Å². The molecule has 1 aliphatic rings. The first kappa shape index (κ1) is 18.9. The summed E-state index contributed by atoms with van der Waals surface area (Å²) in [7, 11) is 5.63. The Morgan fingerprint density at radius 3 is 2.46 bits per heavy atom. The summed E-state index contributed by atoms with van der Waals surface area (Å²) in [6, 6.07) is 1.84. The normalized spacial score (nSPS) is 18.1. The van der Waals surface area contributed by atoms with E-state index in [-0.39, 0.29) is 11.8 Å². The van der Waals surface area contributed by atoms with Crippen LogP contribution in [-0.2, 0) is 7.05 Å². The number of aromatic nitrogens is 2. The first-order valence-electron chi connectivity index (χ1n) is 8.66. The third-order valence-electron chi connectivity index (χ3n) is 4.61. The second kappa shape index (κ2) is 8.09. The molecule has 0 aromatic carbocycles. The maximum absolute atomic E-state index is 12.6. The minimum atomic E-state index is -0.542. The molecule has 1 aromatic rings. The van der Waals surface area contributed by atoms with Gasteiger partial charge >= 0.3 is 0 Å². The Bertz CT molecular complexity index is 549. The van der Waals surface area contributed by atoms with Gasteiger partial charge in [0.15, 0.2) is 0 Å². The van der Waals surface area contributed by atoms with Crippen LogP contribution in [0.2, 0.25) is 0 Å². The number of hydrogen-bond acceptors (Lipinski definition) is 5. The SMILES string of the molecule is CC(C)c1cc(C(=O)N(C)CC(O)CN2CCN(C)CC2)n(C)n1. The number of hydrogen-bond donors (Lipinski definition) is 1. The molecule has 1 aromatic heterocycles. The van der Waals surface area contributed by atoms with Crippen molar-refractivity contribution < 1.29 is 9.90 Å². The molecule has 0 aliphatic carbocycles. The Hall–Kier alpha value is -1.44. The molecule has 0 bridgehead atoms. The Labute approximate surface area is 144 Å². The third kappa shape index (κ3) is 4.78. The minimum Gasteiger partial charge on any atom is -0.390 e. The van der Waals surface area contributed by atoms with Crippen molar-refractivity contribution in [2.75, 3.05) is 53.4 Å². The summed E-state index contributed by atoms with van der Waals surface area (Å²) in [5.74, 6) is 0.181. The van der Waals surface area contributed by atoms with Gasteiger partial charge in [-0.2, -0.15) is 5.10 Å². The second-order valence-electron chi connectivity index (χ2n) is 7.18. The summed E-state index contributed by atoms with van der Waals surface area (Å²) in [5, 5.41) is 14.7. The monoisotopic (exact) mass is 337 g/mol. The standard InChI is InChI=1S/C17H31N5O2/c1-13(2)15-10-16(21(5)18-15)17(24)20(4)11-14(23)12-22-8-6-19(3)7-9-22/h10,13-14,23H,6-9,11-12H2,1-5H3. The zero-order valence-corrected chi connectivity index (χ0v) is 15.6. The number of β-amino-alcohol motifs (C(OH)–C–C–N with tert-alkyl or cyclic N) is 1. The van der Waals surface area contributed by atoms with Crippen LogP contribution in [0.4, 0.5) is 0 Å². The summed E-state index contributed by atoms with van der Waals surface area (Å²) in [4.78, 5) is 18.7. The number of aliphatic hydroxyl groups is 1. The summed E-state index contributed by atoms with van der Waals surface area (Å²) in [6.45, 7) is 9.01. The molecule has 1 unspecified atom stereocenters. The number of carbonyl (C=O) groups is 1. The van der Waals surface area contributed by atoms with E-state index in [0.29, 0.717) is 18.8 Å². The minimum absolute atomic E-state index is 0.102. The smallest absolute Gasteiger partial charge is 0.271 e. The van der Waals surface area contributed by atoms with Gasteiger partial charge in [-0.05, 0) is 19.0 Å². The van der Waals surface area contributed by atoms with Gasteiger partial charge < -0.3 is 14.9 Å². The first-order chi connectivity index (χ1) is 11.3. The lowest BCUT2D eigenvalue weighted by molar-refractivity contribution is 0.0496. The summed E-state index contributed by atoms with van der Waals surface area (Å²) < 4.78 is 1.63. The molecular weight excluding hydrogens is 306 g/mol. The maximum Gasteiger partial charge on any atom is 0.271 e. The number of aryl methyl sites for hydroxylation is 1. The second-order valence-corrected chi connectivity index (χ2v) is 7.18. The molecule has 2 rings (SSSR count). The highest BCUT2D eigenvalue weighted by Crippen LogP contribution is 2.15. The van der Waals surface area contributed by atoms with Gasteiger partial charge in [0.25, 0.3) is 5.91 Å². The van der Waals surface area contributed by atoms with Crippen molar-refractivity contribution in [2.45, 2.75) is 25.9 Å². The molecule has 0 radical (unpaired) electrons. The summed E-state index contributed by atoms with van der Waals surface area (Å²) >= 11 is 0.